The zero-order valence-electron chi connectivity index (χ0n) is 13.3. The van der Waals surface area contributed by atoms with Crippen LogP contribution in [-0.2, 0) is 13.0 Å². The third kappa shape index (κ3) is 2.74. The maximum atomic E-state index is 5.89. The van der Waals surface area contributed by atoms with Gasteiger partial charge < -0.3 is 9.32 Å². The van der Waals surface area contributed by atoms with Crippen LogP contribution in [0.2, 0.25) is 0 Å². The van der Waals surface area contributed by atoms with Gasteiger partial charge in [0.15, 0.2) is 0 Å². The lowest BCUT2D eigenvalue weighted by Gasteiger charge is -2.30. The molecule has 4 rings (SSSR count). The predicted octanol–water partition coefficient (Wildman–Crippen LogP) is 4.60. The first-order valence-corrected chi connectivity index (χ1v) is 8.16. The van der Waals surface area contributed by atoms with Gasteiger partial charge in [-0.1, -0.05) is 36.4 Å². The second kappa shape index (κ2) is 5.92. The summed E-state index contributed by atoms with van der Waals surface area (Å²) < 4.78 is 5.89. The molecule has 0 N–H and O–H groups in total. The molecule has 3 heteroatoms. The molecule has 0 unspecified atom stereocenters. The maximum Gasteiger partial charge on any atom is 0.226 e. The van der Waals surface area contributed by atoms with Crippen molar-refractivity contribution in [1.29, 1.82) is 0 Å². The van der Waals surface area contributed by atoms with Gasteiger partial charge in [0.05, 0.1) is 6.54 Å². The highest BCUT2D eigenvalue weighted by Crippen LogP contribution is 2.29. The number of rotatable bonds is 3. The SMILES string of the molecule is Cc1oc(-c2ccccc2)nc1CN1CCCc2ccccc21. The Bertz CT molecular complexity index is 808. The Morgan fingerprint density at radius 3 is 2.70 bits per heavy atom. The topological polar surface area (TPSA) is 29.3 Å². The molecule has 1 aliphatic heterocycles. The minimum atomic E-state index is 0.711. The Morgan fingerprint density at radius 1 is 1.04 bits per heavy atom. The van der Waals surface area contributed by atoms with Crippen LogP contribution in [0.5, 0.6) is 0 Å². The summed E-state index contributed by atoms with van der Waals surface area (Å²) in [5.41, 5.74) is 4.83. The lowest BCUT2D eigenvalue weighted by molar-refractivity contribution is 0.538. The average molecular weight is 304 g/mol. The van der Waals surface area contributed by atoms with E-state index in [0.717, 1.165) is 30.1 Å². The van der Waals surface area contributed by atoms with Crippen molar-refractivity contribution in [2.75, 3.05) is 11.4 Å². The molecule has 3 nitrogen and oxygen atoms in total. The molecule has 23 heavy (non-hydrogen) atoms. The van der Waals surface area contributed by atoms with Crippen LogP contribution in [0.25, 0.3) is 11.5 Å². The zero-order chi connectivity index (χ0) is 15.6. The Kier molecular flexibility index (Phi) is 3.62. The van der Waals surface area contributed by atoms with Crippen LogP contribution in [0.3, 0.4) is 0 Å². The molecule has 0 aliphatic carbocycles. The van der Waals surface area contributed by atoms with Gasteiger partial charge in [0, 0.05) is 17.8 Å². The molecule has 1 aromatic heterocycles. The average Bonchev–Trinajstić information content (AvgIpc) is 2.97. The third-order valence-electron chi connectivity index (χ3n) is 4.46. The number of hydrogen-bond acceptors (Lipinski definition) is 3. The normalized spacial score (nSPS) is 13.9. The van der Waals surface area contributed by atoms with Gasteiger partial charge in [0.1, 0.15) is 11.5 Å². The number of fused-ring (bicyclic) bond motifs is 1. The summed E-state index contributed by atoms with van der Waals surface area (Å²) in [4.78, 5) is 7.15. The molecule has 0 saturated heterocycles. The number of nitrogens with zero attached hydrogens (tertiary/aromatic N) is 2. The van der Waals surface area contributed by atoms with E-state index < -0.39 is 0 Å². The van der Waals surface area contributed by atoms with Gasteiger partial charge in [-0.2, -0.15) is 0 Å². The quantitative estimate of drug-likeness (QED) is 0.708. The van der Waals surface area contributed by atoms with Gasteiger partial charge in [-0.15, -0.1) is 0 Å². The monoisotopic (exact) mass is 304 g/mol. The van der Waals surface area contributed by atoms with Crippen molar-refractivity contribution in [3.05, 3.63) is 71.6 Å². The number of benzene rings is 2. The van der Waals surface area contributed by atoms with E-state index in [1.54, 1.807) is 0 Å². The fourth-order valence-corrected chi connectivity index (χ4v) is 3.24. The van der Waals surface area contributed by atoms with Crippen LogP contribution in [-0.4, -0.2) is 11.5 Å². The first kappa shape index (κ1) is 14.1. The van der Waals surface area contributed by atoms with Crippen molar-refractivity contribution < 1.29 is 4.42 Å². The second-order valence-corrected chi connectivity index (χ2v) is 6.04. The highest BCUT2D eigenvalue weighted by atomic mass is 16.4. The van der Waals surface area contributed by atoms with E-state index in [2.05, 4.69) is 29.2 Å². The van der Waals surface area contributed by atoms with Gasteiger partial charge in [-0.25, -0.2) is 4.98 Å². The molecule has 0 bridgehead atoms. The number of aromatic nitrogens is 1. The summed E-state index contributed by atoms with van der Waals surface area (Å²) >= 11 is 0. The predicted molar refractivity (Wildman–Crippen MR) is 92.5 cm³/mol. The number of para-hydroxylation sites is 1. The van der Waals surface area contributed by atoms with Crippen molar-refractivity contribution in [3.63, 3.8) is 0 Å². The molecule has 0 amide bonds. The summed E-state index contributed by atoms with van der Waals surface area (Å²) in [5.74, 6) is 1.62. The van der Waals surface area contributed by atoms with Crippen LogP contribution in [0.1, 0.15) is 23.4 Å². The number of hydrogen-bond donors (Lipinski definition) is 0. The number of oxazole rings is 1. The van der Waals surface area contributed by atoms with Gasteiger partial charge >= 0.3 is 0 Å². The highest BCUT2D eigenvalue weighted by molar-refractivity contribution is 5.56. The number of anilines is 1. The summed E-state index contributed by atoms with van der Waals surface area (Å²) in [6.45, 7) is 3.88. The largest absolute Gasteiger partial charge is 0.441 e. The fourth-order valence-electron chi connectivity index (χ4n) is 3.24. The van der Waals surface area contributed by atoms with E-state index >= 15 is 0 Å². The Morgan fingerprint density at radius 2 is 1.83 bits per heavy atom. The van der Waals surface area contributed by atoms with Gasteiger partial charge in [0.25, 0.3) is 0 Å². The van der Waals surface area contributed by atoms with Crippen LogP contribution >= 0.6 is 0 Å². The molecule has 0 saturated carbocycles. The zero-order valence-corrected chi connectivity index (χ0v) is 13.3. The van der Waals surface area contributed by atoms with Gasteiger partial charge in [0.2, 0.25) is 5.89 Å². The summed E-state index contributed by atoms with van der Waals surface area (Å²) in [5, 5.41) is 0. The molecule has 0 atom stereocenters. The standard InChI is InChI=1S/C20H20N2O/c1-15-18(21-20(23-15)17-9-3-2-4-10-17)14-22-13-7-11-16-8-5-6-12-19(16)22/h2-6,8-10,12H,7,11,13-14H2,1H3. The summed E-state index contributed by atoms with van der Waals surface area (Å²) in [7, 11) is 0. The minimum absolute atomic E-state index is 0.711. The first-order chi connectivity index (χ1) is 11.3. The van der Waals surface area contributed by atoms with Crippen molar-refractivity contribution in [2.45, 2.75) is 26.3 Å². The van der Waals surface area contributed by atoms with Crippen molar-refractivity contribution >= 4 is 5.69 Å². The smallest absolute Gasteiger partial charge is 0.226 e. The molecule has 0 radical (unpaired) electrons. The van der Waals surface area contributed by atoms with Crippen molar-refractivity contribution in [3.8, 4) is 11.5 Å². The minimum Gasteiger partial charge on any atom is -0.441 e. The van der Waals surface area contributed by atoms with Crippen LogP contribution in [0, 0.1) is 6.92 Å². The van der Waals surface area contributed by atoms with E-state index in [1.807, 2.05) is 37.3 Å². The van der Waals surface area contributed by atoms with E-state index in [9.17, 15) is 0 Å². The van der Waals surface area contributed by atoms with Crippen LogP contribution in [0.4, 0.5) is 5.69 Å². The lowest BCUT2D eigenvalue weighted by atomic mass is 10.0. The molecular formula is C20H20N2O. The molecule has 1 aliphatic rings. The van der Waals surface area contributed by atoms with E-state index in [1.165, 1.54) is 24.1 Å². The molecule has 0 fully saturated rings. The van der Waals surface area contributed by atoms with Crippen molar-refractivity contribution in [2.24, 2.45) is 0 Å². The Labute approximate surface area is 136 Å². The summed E-state index contributed by atoms with van der Waals surface area (Å²) in [6, 6.07) is 18.8. The maximum absolute atomic E-state index is 5.89. The third-order valence-corrected chi connectivity index (χ3v) is 4.46. The second-order valence-electron chi connectivity index (χ2n) is 6.04. The van der Waals surface area contributed by atoms with Crippen LogP contribution < -0.4 is 4.90 Å². The Balaban J connectivity index is 1.62. The van der Waals surface area contributed by atoms with E-state index in [4.69, 9.17) is 9.40 Å². The fraction of sp³-hybridized carbons (Fsp3) is 0.250. The molecule has 3 aromatic rings. The van der Waals surface area contributed by atoms with Crippen molar-refractivity contribution in [1.82, 2.24) is 4.98 Å². The summed E-state index contributed by atoms with van der Waals surface area (Å²) in [6.07, 6.45) is 2.36. The van der Waals surface area contributed by atoms with Gasteiger partial charge in [-0.05, 0) is 43.5 Å². The first-order valence-electron chi connectivity index (χ1n) is 8.16. The van der Waals surface area contributed by atoms with E-state index in [-0.39, 0.29) is 0 Å². The molecule has 2 heterocycles. The van der Waals surface area contributed by atoms with Crippen LogP contribution in [0.15, 0.2) is 59.0 Å². The molecular weight excluding hydrogens is 284 g/mol. The number of aryl methyl sites for hydroxylation is 2. The highest BCUT2D eigenvalue weighted by Gasteiger charge is 2.19. The molecule has 0 spiro atoms. The van der Waals surface area contributed by atoms with Gasteiger partial charge in [-0.3, -0.25) is 0 Å². The lowest BCUT2D eigenvalue weighted by Crippen LogP contribution is -2.29. The Hall–Kier alpha value is -2.55. The van der Waals surface area contributed by atoms with E-state index in [0.29, 0.717) is 5.89 Å². The molecule has 116 valence electrons. The molecule has 2 aromatic carbocycles.